The number of nitrogens with one attached hydrogen (secondary N) is 1. The van der Waals surface area contributed by atoms with Gasteiger partial charge in [-0.15, -0.1) is 11.3 Å². The average molecular weight is 373 g/mol. The molecule has 1 N–H and O–H groups in total. The standard InChI is InChI=1S/C20H23NO4S/c1-13-3-8-17-15(9-13)10-18(26-17)20(23)25-12-19(22)21-11-14-4-6-16(24-2)7-5-14/h4-7,10,13H,3,8-9,11-12H2,1-2H3,(H,21,22). The average Bonchev–Trinajstić information content (AvgIpc) is 3.08. The fourth-order valence-corrected chi connectivity index (χ4v) is 4.11. The Morgan fingerprint density at radius 2 is 2.04 bits per heavy atom. The largest absolute Gasteiger partial charge is 0.497 e. The predicted molar refractivity (Wildman–Crippen MR) is 101 cm³/mol. The summed E-state index contributed by atoms with van der Waals surface area (Å²) in [7, 11) is 1.61. The zero-order chi connectivity index (χ0) is 18.5. The monoisotopic (exact) mass is 373 g/mol. The van der Waals surface area contributed by atoms with Crippen LogP contribution < -0.4 is 10.1 Å². The molecular weight excluding hydrogens is 350 g/mol. The van der Waals surface area contributed by atoms with E-state index in [-0.39, 0.29) is 12.5 Å². The molecule has 138 valence electrons. The number of ether oxygens (including phenoxy) is 2. The summed E-state index contributed by atoms with van der Waals surface area (Å²) >= 11 is 1.49. The van der Waals surface area contributed by atoms with E-state index >= 15 is 0 Å². The summed E-state index contributed by atoms with van der Waals surface area (Å²) in [5, 5.41) is 2.74. The van der Waals surface area contributed by atoms with Crippen molar-refractivity contribution in [2.75, 3.05) is 13.7 Å². The Labute approximate surface area is 157 Å². The van der Waals surface area contributed by atoms with Crippen LogP contribution in [0.1, 0.15) is 39.0 Å². The van der Waals surface area contributed by atoms with Gasteiger partial charge in [0, 0.05) is 11.4 Å². The predicted octanol–water partition coefficient (Wildman–Crippen LogP) is 3.35. The van der Waals surface area contributed by atoms with Crippen LogP contribution in [0.4, 0.5) is 0 Å². The number of amides is 1. The molecule has 1 aliphatic carbocycles. The van der Waals surface area contributed by atoms with Gasteiger partial charge in [-0.3, -0.25) is 4.79 Å². The van der Waals surface area contributed by atoms with Crippen molar-refractivity contribution < 1.29 is 19.1 Å². The summed E-state index contributed by atoms with van der Waals surface area (Å²) in [5.41, 5.74) is 2.20. The van der Waals surface area contributed by atoms with Crippen LogP contribution in [-0.2, 0) is 28.9 Å². The molecule has 0 spiro atoms. The van der Waals surface area contributed by atoms with E-state index < -0.39 is 5.97 Å². The lowest BCUT2D eigenvalue weighted by atomic mass is 9.90. The lowest BCUT2D eigenvalue weighted by molar-refractivity contribution is -0.124. The van der Waals surface area contributed by atoms with Crippen molar-refractivity contribution in [1.82, 2.24) is 5.32 Å². The van der Waals surface area contributed by atoms with Crippen LogP contribution in [0.3, 0.4) is 0 Å². The highest BCUT2D eigenvalue weighted by atomic mass is 32.1. The van der Waals surface area contributed by atoms with E-state index in [1.807, 2.05) is 30.3 Å². The molecule has 3 rings (SSSR count). The third-order valence-corrected chi connectivity index (χ3v) is 5.73. The zero-order valence-corrected chi connectivity index (χ0v) is 15.9. The van der Waals surface area contributed by atoms with E-state index in [1.165, 1.54) is 21.8 Å². The van der Waals surface area contributed by atoms with Crippen LogP contribution in [0, 0.1) is 5.92 Å². The Balaban J connectivity index is 1.46. The molecule has 1 aromatic heterocycles. The molecule has 26 heavy (non-hydrogen) atoms. The Kier molecular flexibility index (Phi) is 5.93. The fraction of sp³-hybridized carbons (Fsp3) is 0.400. The van der Waals surface area contributed by atoms with Gasteiger partial charge in [0.2, 0.25) is 0 Å². The summed E-state index contributed by atoms with van der Waals surface area (Å²) < 4.78 is 10.3. The highest BCUT2D eigenvalue weighted by Crippen LogP contribution is 2.32. The number of benzene rings is 1. The molecule has 1 unspecified atom stereocenters. The van der Waals surface area contributed by atoms with E-state index in [2.05, 4.69) is 12.2 Å². The summed E-state index contributed by atoms with van der Waals surface area (Å²) in [6.45, 7) is 2.34. The molecule has 0 bridgehead atoms. The van der Waals surface area contributed by atoms with Gasteiger partial charge < -0.3 is 14.8 Å². The molecule has 1 amide bonds. The third-order valence-electron chi connectivity index (χ3n) is 4.51. The number of esters is 1. The van der Waals surface area contributed by atoms with Gasteiger partial charge in [-0.05, 0) is 54.5 Å². The Morgan fingerprint density at radius 1 is 1.27 bits per heavy atom. The molecule has 0 saturated carbocycles. The van der Waals surface area contributed by atoms with Crippen LogP contribution in [0.2, 0.25) is 0 Å². The topological polar surface area (TPSA) is 64.6 Å². The normalized spacial score (nSPS) is 15.8. The number of methoxy groups -OCH3 is 1. The number of carbonyl (C=O) groups excluding carboxylic acids is 2. The van der Waals surface area contributed by atoms with Crippen LogP contribution in [0.5, 0.6) is 5.75 Å². The number of hydrogen-bond acceptors (Lipinski definition) is 5. The van der Waals surface area contributed by atoms with Gasteiger partial charge in [-0.25, -0.2) is 4.79 Å². The van der Waals surface area contributed by atoms with Crippen LogP contribution >= 0.6 is 11.3 Å². The molecule has 2 aromatic rings. The van der Waals surface area contributed by atoms with Crippen LogP contribution in [0.15, 0.2) is 30.3 Å². The number of fused-ring (bicyclic) bond motifs is 1. The molecule has 0 fully saturated rings. The van der Waals surface area contributed by atoms with Gasteiger partial charge in [-0.2, -0.15) is 0 Å². The number of aryl methyl sites for hydroxylation is 1. The number of hydrogen-bond donors (Lipinski definition) is 1. The van der Waals surface area contributed by atoms with Crippen LogP contribution in [0.25, 0.3) is 0 Å². The molecule has 1 aliphatic rings. The highest BCUT2D eigenvalue weighted by Gasteiger charge is 2.21. The maximum atomic E-state index is 12.2. The number of carbonyl (C=O) groups is 2. The van der Waals surface area contributed by atoms with Gasteiger partial charge in [0.15, 0.2) is 6.61 Å². The lowest BCUT2D eigenvalue weighted by Crippen LogP contribution is -2.28. The smallest absolute Gasteiger partial charge is 0.348 e. The minimum Gasteiger partial charge on any atom is -0.497 e. The Bertz CT molecular complexity index is 782. The summed E-state index contributed by atoms with van der Waals surface area (Å²) in [6.07, 6.45) is 3.20. The SMILES string of the molecule is COc1ccc(CNC(=O)COC(=O)c2cc3c(s2)CCC(C)C3)cc1. The van der Waals surface area contributed by atoms with E-state index in [4.69, 9.17) is 9.47 Å². The summed E-state index contributed by atoms with van der Waals surface area (Å²) in [5.74, 6) is 0.688. The van der Waals surface area contributed by atoms with Crippen molar-refractivity contribution in [2.45, 2.75) is 32.7 Å². The van der Waals surface area contributed by atoms with Crippen molar-refractivity contribution in [1.29, 1.82) is 0 Å². The lowest BCUT2D eigenvalue weighted by Gasteiger charge is -2.16. The van der Waals surface area contributed by atoms with Crippen molar-refractivity contribution in [3.05, 3.63) is 51.2 Å². The summed E-state index contributed by atoms with van der Waals surface area (Å²) in [6, 6.07) is 9.35. The molecule has 0 radical (unpaired) electrons. The second-order valence-corrected chi connectivity index (χ2v) is 7.74. The van der Waals surface area contributed by atoms with Crippen molar-refractivity contribution in [3.8, 4) is 5.75 Å². The van der Waals surface area contributed by atoms with Crippen molar-refractivity contribution >= 4 is 23.2 Å². The number of thiophene rings is 1. The second-order valence-electron chi connectivity index (χ2n) is 6.61. The minimum absolute atomic E-state index is 0.270. The van der Waals surface area contributed by atoms with Gasteiger partial charge in [-0.1, -0.05) is 19.1 Å². The highest BCUT2D eigenvalue weighted by molar-refractivity contribution is 7.14. The quantitative estimate of drug-likeness (QED) is 0.789. The van der Waals surface area contributed by atoms with Crippen LogP contribution in [-0.4, -0.2) is 25.6 Å². The molecule has 1 heterocycles. The zero-order valence-electron chi connectivity index (χ0n) is 15.0. The van der Waals surface area contributed by atoms with Gasteiger partial charge >= 0.3 is 5.97 Å². The second kappa shape index (κ2) is 8.36. The molecule has 1 aromatic carbocycles. The molecule has 0 aliphatic heterocycles. The third kappa shape index (κ3) is 4.64. The van der Waals surface area contributed by atoms with Gasteiger partial charge in [0.25, 0.3) is 5.91 Å². The van der Waals surface area contributed by atoms with E-state index in [0.717, 1.165) is 30.6 Å². The van der Waals surface area contributed by atoms with E-state index in [1.54, 1.807) is 7.11 Å². The maximum Gasteiger partial charge on any atom is 0.348 e. The first-order valence-corrected chi connectivity index (χ1v) is 9.55. The van der Waals surface area contributed by atoms with E-state index in [9.17, 15) is 9.59 Å². The van der Waals surface area contributed by atoms with Crippen molar-refractivity contribution in [3.63, 3.8) is 0 Å². The molecule has 1 atom stereocenters. The Hall–Kier alpha value is -2.34. The first kappa shape index (κ1) is 18.5. The first-order valence-electron chi connectivity index (χ1n) is 8.73. The molecule has 5 nitrogen and oxygen atoms in total. The molecule has 0 saturated heterocycles. The number of rotatable bonds is 6. The maximum absolute atomic E-state index is 12.2. The molecule has 6 heteroatoms. The minimum atomic E-state index is -0.420. The Morgan fingerprint density at radius 3 is 2.77 bits per heavy atom. The van der Waals surface area contributed by atoms with Crippen molar-refractivity contribution in [2.24, 2.45) is 5.92 Å². The van der Waals surface area contributed by atoms with Gasteiger partial charge in [0.05, 0.1) is 7.11 Å². The molecular formula is C20H23NO4S. The fourth-order valence-electron chi connectivity index (χ4n) is 3.00. The first-order chi connectivity index (χ1) is 12.5. The summed E-state index contributed by atoms with van der Waals surface area (Å²) in [4.78, 5) is 26.0. The van der Waals surface area contributed by atoms with E-state index in [0.29, 0.717) is 17.3 Å². The van der Waals surface area contributed by atoms with Gasteiger partial charge in [0.1, 0.15) is 10.6 Å².